The van der Waals surface area contributed by atoms with Crippen molar-refractivity contribution >= 4 is 5.91 Å². The number of carbonyl (C=O) groups is 1. The Bertz CT molecular complexity index is 697. The maximum Gasteiger partial charge on any atom is 0.263 e. The summed E-state index contributed by atoms with van der Waals surface area (Å²) >= 11 is 0. The maximum absolute atomic E-state index is 12.7. The number of amides is 1. The summed E-state index contributed by atoms with van der Waals surface area (Å²) in [4.78, 5) is 25.2. The van der Waals surface area contributed by atoms with Crippen LogP contribution in [0.1, 0.15) is 35.0 Å². The Morgan fingerprint density at radius 3 is 2.92 bits per heavy atom. The van der Waals surface area contributed by atoms with Gasteiger partial charge in [0.1, 0.15) is 5.56 Å². The summed E-state index contributed by atoms with van der Waals surface area (Å²) < 4.78 is 12.6. The molecule has 24 heavy (non-hydrogen) atoms. The smallest absolute Gasteiger partial charge is 0.263 e. The molecule has 6 nitrogen and oxygen atoms in total. The van der Waals surface area contributed by atoms with E-state index in [0.29, 0.717) is 12.5 Å². The third-order valence-electron chi connectivity index (χ3n) is 5.52. The molecule has 0 spiro atoms. The van der Waals surface area contributed by atoms with Crippen LogP contribution in [0.3, 0.4) is 0 Å². The number of fused-ring (bicyclic) bond motifs is 1. The van der Waals surface area contributed by atoms with Gasteiger partial charge in [-0.25, -0.2) is 0 Å². The van der Waals surface area contributed by atoms with Crippen LogP contribution >= 0.6 is 0 Å². The number of aromatic nitrogens is 1. The van der Waals surface area contributed by atoms with Gasteiger partial charge in [0.15, 0.2) is 0 Å². The van der Waals surface area contributed by atoms with E-state index in [1.165, 1.54) is 0 Å². The highest BCUT2D eigenvalue weighted by molar-refractivity contribution is 5.94. The van der Waals surface area contributed by atoms with E-state index in [0.717, 1.165) is 30.7 Å². The normalized spacial score (nSPS) is 28.3. The largest absolute Gasteiger partial charge is 0.384 e. The summed E-state index contributed by atoms with van der Waals surface area (Å²) in [6.07, 6.45) is 1.88. The molecule has 0 radical (unpaired) electrons. The van der Waals surface area contributed by atoms with Gasteiger partial charge in [0.2, 0.25) is 0 Å². The van der Waals surface area contributed by atoms with Gasteiger partial charge in [-0.15, -0.1) is 0 Å². The highest BCUT2D eigenvalue weighted by Gasteiger charge is 2.54. The fourth-order valence-corrected chi connectivity index (χ4v) is 4.27. The lowest BCUT2D eigenvalue weighted by molar-refractivity contribution is -0.0809. The van der Waals surface area contributed by atoms with E-state index in [1.807, 2.05) is 13.8 Å². The van der Waals surface area contributed by atoms with Crippen molar-refractivity contribution in [2.45, 2.75) is 38.8 Å². The maximum atomic E-state index is 12.7. The molecule has 1 saturated heterocycles. The van der Waals surface area contributed by atoms with Gasteiger partial charge in [0.25, 0.3) is 11.5 Å². The van der Waals surface area contributed by atoms with Crippen LogP contribution < -0.4 is 10.9 Å². The van der Waals surface area contributed by atoms with Gasteiger partial charge >= 0.3 is 0 Å². The van der Waals surface area contributed by atoms with Crippen LogP contribution in [0.5, 0.6) is 0 Å². The van der Waals surface area contributed by atoms with Crippen LogP contribution in [-0.4, -0.2) is 42.9 Å². The Kier molecular flexibility index (Phi) is 4.78. The highest BCUT2D eigenvalue weighted by atomic mass is 16.5. The minimum absolute atomic E-state index is 0.0146. The first-order valence-electron chi connectivity index (χ1n) is 8.60. The van der Waals surface area contributed by atoms with Gasteiger partial charge < -0.3 is 19.4 Å². The van der Waals surface area contributed by atoms with Crippen LogP contribution in [0.25, 0.3) is 0 Å². The Hall–Kier alpha value is -1.66. The number of nitrogens with zero attached hydrogens (tertiary/aromatic N) is 1. The monoisotopic (exact) mass is 334 g/mol. The van der Waals surface area contributed by atoms with Crippen molar-refractivity contribution in [1.29, 1.82) is 0 Å². The number of hydrogen-bond acceptors (Lipinski definition) is 4. The predicted molar refractivity (Wildman–Crippen MR) is 90.3 cm³/mol. The molecule has 132 valence electrons. The standard InChI is InChI=1S/C18H26N2O4/c1-5-14-10(2)8-12(18(22)20(14)3)17(21)19-15-11-6-7-24-16(11)13(15)9-23-4/h8,11,13,15-16H,5-7,9H2,1-4H3,(H,19,21)/t11-,13-,15-,16-/m0/s1. The Labute approximate surface area is 142 Å². The lowest BCUT2D eigenvalue weighted by Gasteiger charge is -2.47. The van der Waals surface area contributed by atoms with E-state index in [-0.39, 0.29) is 35.1 Å². The Morgan fingerprint density at radius 2 is 2.25 bits per heavy atom. The molecule has 3 rings (SSSR count). The zero-order chi connectivity index (χ0) is 17.4. The molecule has 2 heterocycles. The zero-order valence-electron chi connectivity index (χ0n) is 14.8. The second-order valence-corrected chi connectivity index (χ2v) is 6.81. The molecule has 1 aromatic rings. The van der Waals surface area contributed by atoms with E-state index < -0.39 is 0 Å². The fourth-order valence-electron chi connectivity index (χ4n) is 4.27. The van der Waals surface area contributed by atoms with Crippen LogP contribution in [0.2, 0.25) is 0 Å². The van der Waals surface area contributed by atoms with Gasteiger partial charge in [-0.1, -0.05) is 6.92 Å². The van der Waals surface area contributed by atoms with Crippen LogP contribution in [0, 0.1) is 18.8 Å². The molecule has 1 aliphatic carbocycles. The van der Waals surface area contributed by atoms with E-state index in [1.54, 1.807) is 24.8 Å². The third kappa shape index (κ3) is 2.67. The molecule has 2 fully saturated rings. The van der Waals surface area contributed by atoms with E-state index in [2.05, 4.69) is 5.32 Å². The number of methoxy groups -OCH3 is 1. The summed E-state index contributed by atoms with van der Waals surface area (Å²) in [5.41, 5.74) is 1.90. The van der Waals surface area contributed by atoms with Gasteiger partial charge in [0, 0.05) is 44.3 Å². The van der Waals surface area contributed by atoms with Crippen LogP contribution in [0.15, 0.2) is 10.9 Å². The van der Waals surface area contributed by atoms with Crippen molar-refractivity contribution < 1.29 is 14.3 Å². The number of nitrogens with one attached hydrogen (secondary N) is 1. The molecule has 6 heteroatoms. The van der Waals surface area contributed by atoms with Crippen molar-refractivity contribution in [3.63, 3.8) is 0 Å². The minimum atomic E-state index is -0.294. The van der Waals surface area contributed by atoms with Crippen LogP contribution in [0.4, 0.5) is 0 Å². The molecule has 0 aromatic carbocycles. The van der Waals surface area contributed by atoms with Crippen molar-refractivity contribution in [2.75, 3.05) is 20.3 Å². The third-order valence-corrected chi connectivity index (χ3v) is 5.52. The molecule has 4 atom stereocenters. The average molecular weight is 334 g/mol. The summed E-state index contributed by atoms with van der Waals surface area (Å²) in [5.74, 6) is 0.193. The lowest BCUT2D eigenvalue weighted by Crippen LogP contribution is -2.63. The SMILES string of the molecule is CCc1c(C)cc(C(=O)N[C@H]2[C@@H]3CCO[C@@H]3[C@H]2COC)c(=O)n1C. The van der Waals surface area contributed by atoms with Gasteiger partial charge in [-0.3, -0.25) is 9.59 Å². The second kappa shape index (κ2) is 6.69. The number of carbonyl (C=O) groups excluding carboxylic acids is 1. The highest BCUT2D eigenvalue weighted by Crippen LogP contribution is 2.43. The molecule has 1 aliphatic heterocycles. The minimum Gasteiger partial charge on any atom is -0.384 e. The lowest BCUT2D eigenvalue weighted by atomic mass is 9.67. The number of ether oxygens (including phenoxy) is 2. The van der Waals surface area contributed by atoms with Crippen molar-refractivity contribution in [3.05, 3.63) is 33.2 Å². The first-order valence-corrected chi connectivity index (χ1v) is 8.60. The number of aryl methyl sites for hydroxylation is 1. The topological polar surface area (TPSA) is 69.6 Å². The van der Waals surface area contributed by atoms with Crippen LogP contribution in [-0.2, 0) is 22.9 Å². The van der Waals surface area contributed by atoms with Crippen molar-refractivity contribution in [1.82, 2.24) is 9.88 Å². The van der Waals surface area contributed by atoms with E-state index >= 15 is 0 Å². The summed E-state index contributed by atoms with van der Waals surface area (Å²) in [7, 11) is 3.38. The Balaban J connectivity index is 1.81. The first kappa shape index (κ1) is 17.2. The molecule has 1 N–H and O–H groups in total. The summed E-state index contributed by atoms with van der Waals surface area (Å²) in [6.45, 7) is 5.23. The fraction of sp³-hybridized carbons (Fsp3) is 0.667. The van der Waals surface area contributed by atoms with Crippen molar-refractivity contribution in [2.24, 2.45) is 18.9 Å². The van der Waals surface area contributed by atoms with E-state index in [4.69, 9.17) is 9.47 Å². The summed E-state index contributed by atoms with van der Waals surface area (Å²) in [5, 5.41) is 3.06. The molecule has 0 bridgehead atoms. The molecule has 0 unspecified atom stereocenters. The molecular weight excluding hydrogens is 308 g/mol. The first-order chi connectivity index (χ1) is 11.5. The molecule has 1 aromatic heterocycles. The number of rotatable bonds is 5. The molecule has 2 aliphatic rings. The van der Waals surface area contributed by atoms with Crippen molar-refractivity contribution in [3.8, 4) is 0 Å². The predicted octanol–water partition coefficient (Wildman–Crippen LogP) is 1.04. The van der Waals surface area contributed by atoms with Gasteiger partial charge in [-0.05, 0) is 31.4 Å². The summed E-state index contributed by atoms with van der Waals surface area (Å²) in [6, 6.07) is 1.73. The number of pyridine rings is 1. The molecule has 1 saturated carbocycles. The second-order valence-electron chi connectivity index (χ2n) is 6.81. The van der Waals surface area contributed by atoms with Gasteiger partial charge in [-0.2, -0.15) is 0 Å². The molecule has 1 amide bonds. The van der Waals surface area contributed by atoms with E-state index in [9.17, 15) is 9.59 Å². The van der Waals surface area contributed by atoms with Gasteiger partial charge in [0.05, 0.1) is 12.7 Å². The quantitative estimate of drug-likeness (QED) is 0.873. The average Bonchev–Trinajstić information content (AvgIpc) is 2.98. The zero-order valence-corrected chi connectivity index (χ0v) is 14.8. The number of hydrogen-bond donors (Lipinski definition) is 1. The Morgan fingerprint density at radius 1 is 1.50 bits per heavy atom. The molecular formula is C18H26N2O4.